The van der Waals surface area contributed by atoms with E-state index in [1.165, 1.54) is 41.6 Å². The van der Waals surface area contributed by atoms with Gasteiger partial charge in [0, 0.05) is 25.0 Å². The van der Waals surface area contributed by atoms with Gasteiger partial charge in [0.2, 0.25) is 5.91 Å². The summed E-state index contributed by atoms with van der Waals surface area (Å²) >= 11 is 0. The molecule has 29 heavy (non-hydrogen) atoms. The van der Waals surface area contributed by atoms with Crippen molar-refractivity contribution >= 4 is 5.91 Å². The van der Waals surface area contributed by atoms with Crippen LogP contribution in [-0.4, -0.2) is 21.9 Å². The number of hydrogen-bond donors (Lipinski definition) is 0. The highest BCUT2D eigenvalue weighted by atomic mass is 16.2. The minimum Gasteiger partial charge on any atom is -0.348 e. The smallest absolute Gasteiger partial charge is 0.229 e. The minimum atomic E-state index is -0.0691. The number of rotatable bonds is 2. The second-order valence-corrected chi connectivity index (χ2v) is 10.6. The number of carbonyl (C=O) groups is 1. The normalized spacial score (nSPS) is 35.0. The standard InChI is InChI=1S/C26H32N2O/c1-17-5-6-22(18(2)10-17)24-23-4-3-7-27(23)8-9-28(24)25(29)26-14-19-11-20(15-26)13-21(12-19)16-26/h3-7,10,19-21,24H,8-9,11-16H2,1-2H3. The van der Waals surface area contributed by atoms with Crippen molar-refractivity contribution in [1.29, 1.82) is 0 Å². The third-order valence-corrected chi connectivity index (χ3v) is 8.51. The Hall–Kier alpha value is -2.03. The summed E-state index contributed by atoms with van der Waals surface area (Å²) in [4.78, 5) is 16.5. The number of benzene rings is 1. The summed E-state index contributed by atoms with van der Waals surface area (Å²) in [5, 5.41) is 0. The first-order valence-electron chi connectivity index (χ1n) is 11.6. The second kappa shape index (κ2) is 6.23. The Morgan fingerprint density at radius 2 is 1.66 bits per heavy atom. The molecular formula is C26H32N2O. The fourth-order valence-electron chi connectivity index (χ4n) is 7.74. The van der Waals surface area contributed by atoms with Crippen molar-refractivity contribution in [2.24, 2.45) is 23.2 Å². The first kappa shape index (κ1) is 17.8. The van der Waals surface area contributed by atoms with E-state index in [1.54, 1.807) is 0 Å². The van der Waals surface area contributed by atoms with Gasteiger partial charge in [-0.05, 0) is 93.4 Å². The van der Waals surface area contributed by atoms with Gasteiger partial charge >= 0.3 is 0 Å². The molecule has 1 aliphatic heterocycles. The summed E-state index contributed by atoms with van der Waals surface area (Å²) in [5.74, 6) is 2.88. The highest BCUT2D eigenvalue weighted by molar-refractivity contribution is 5.84. The van der Waals surface area contributed by atoms with Crippen LogP contribution in [0.5, 0.6) is 0 Å². The van der Waals surface area contributed by atoms with Crippen molar-refractivity contribution in [1.82, 2.24) is 9.47 Å². The predicted molar refractivity (Wildman–Crippen MR) is 115 cm³/mol. The van der Waals surface area contributed by atoms with E-state index < -0.39 is 0 Å². The Kier molecular flexibility index (Phi) is 3.82. The van der Waals surface area contributed by atoms with Gasteiger partial charge < -0.3 is 9.47 Å². The van der Waals surface area contributed by atoms with Crippen molar-refractivity contribution in [2.75, 3.05) is 6.54 Å². The molecule has 1 amide bonds. The molecule has 1 atom stereocenters. The lowest BCUT2D eigenvalue weighted by Crippen LogP contribution is -2.56. The summed E-state index contributed by atoms with van der Waals surface area (Å²) in [5.41, 5.74) is 5.10. The molecule has 1 aromatic heterocycles. The van der Waals surface area contributed by atoms with Gasteiger partial charge in [-0.2, -0.15) is 0 Å². The van der Waals surface area contributed by atoms with Crippen LogP contribution in [0.25, 0.3) is 0 Å². The van der Waals surface area contributed by atoms with E-state index in [9.17, 15) is 4.79 Å². The average Bonchev–Trinajstić information content (AvgIpc) is 3.15. The van der Waals surface area contributed by atoms with Gasteiger partial charge in [-0.1, -0.05) is 23.8 Å². The number of aryl methyl sites for hydroxylation is 2. The molecule has 4 saturated carbocycles. The number of aromatic nitrogens is 1. The summed E-state index contributed by atoms with van der Waals surface area (Å²) in [7, 11) is 0. The number of nitrogens with zero attached hydrogens (tertiary/aromatic N) is 2. The third-order valence-electron chi connectivity index (χ3n) is 8.51. The molecule has 3 nitrogen and oxygen atoms in total. The first-order chi connectivity index (χ1) is 14.0. The summed E-state index contributed by atoms with van der Waals surface area (Å²) < 4.78 is 2.35. The summed E-state index contributed by atoms with van der Waals surface area (Å²) in [6, 6.07) is 11.2. The van der Waals surface area contributed by atoms with Crippen LogP contribution in [0.3, 0.4) is 0 Å². The van der Waals surface area contributed by atoms with E-state index in [0.717, 1.165) is 50.1 Å². The van der Waals surface area contributed by atoms with Gasteiger partial charge in [0.25, 0.3) is 0 Å². The lowest BCUT2D eigenvalue weighted by atomic mass is 9.49. The van der Waals surface area contributed by atoms with Crippen molar-refractivity contribution in [3.8, 4) is 0 Å². The number of amides is 1. The highest BCUT2D eigenvalue weighted by Crippen LogP contribution is 2.61. The average molecular weight is 389 g/mol. The Morgan fingerprint density at radius 3 is 2.31 bits per heavy atom. The lowest BCUT2D eigenvalue weighted by molar-refractivity contribution is -0.160. The fourth-order valence-corrected chi connectivity index (χ4v) is 7.74. The van der Waals surface area contributed by atoms with E-state index >= 15 is 0 Å². The van der Waals surface area contributed by atoms with Crippen LogP contribution >= 0.6 is 0 Å². The van der Waals surface area contributed by atoms with Gasteiger partial charge in [0.15, 0.2) is 0 Å². The zero-order chi connectivity index (χ0) is 19.8. The molecule has 0 spiro atoms. The van der Waals surface area contributed by atoms with Crippen molar-refractivity contribution in [3.63, 3.8) is 0 Å². The van der Waals surface area contributed by atoms with Crippen LogP contribution in [0, 0.1) is 37.0 Å². The fraction of sp³-hybridized carbons (Fsp3) is 0.577. The predicted octanol–water partition coefficient (Wildman–Crippen LogP) is 5.25. The molecule has 4 bridgehead atoms. The molecule has 4 aliphatic carbocycles. The van der Waals surface area contributed by atoms with Crippen LogP contribution in [0.2, 0.25) is 0 Å². The van der Waals surface area contributed by atoms with Crippen molar-refractivity contribution in [2.45, 2.75) is 65.0 Å². The highest BCUT2D eigenvalue weighted by Gasteiger charge is 2.56. The quantitative estimate of drug-likeness (QED) is 0.689. The minimum absolute atomic E-state index is 0.0554. The molecule has 7 rings (SSSR count). The molecule has 4 fully saturated rings. The molecule has 152 valence electrons. The third kappa shape index (κ3) is 2.65. The van der Waals surface area contributed by atoms with Crippen LogP contribution in [0.1, 0.15) is 67.0 Å². The van der Waals surface area contributed by atoms with Crippen LogP contribution in [0.15, 0.2) is 36.5 Å². The number of carbonyl (C=O) groups excluding carboxylic acids is 1. The summed E-state index contributed by atoms with van der Waals surface area (Å²) in [6.45, 7) is 6.11. The molecule has 5 aliphatic rings. The molecule has 3 heteroatoms. The van der Waals surface area contributed by atoms with Crippen molar-refractivity contribution < 1.29 is 4.79 Å². The van der Waals surface area contributed by atoms with Gasteiger partial charge in [0.05, 0.1) is 11.5 Å². The molecule has 2 aromatic rings. The molecule has 0 radical (unpaired) electrons. The molecule has 1 unspecified atom stereocenters. The number of hydrogen-bond acceptors (Lipinski definition) is 1. The van der Waals surface area contributed by atoms with Crippen LogP contribution in [0.4, 0.5) is 0 Å². The zero-order valence-electron chi connectivity index (χ0n) is 17.7. The van der Waals surface area contributed by atoms with Crippen LogP contribution in [-0.2, 0) is 11.3 Å². The summed E-state index contributed by atoms with van der Waals surface area (Å²) in [6.07, 6.45) is 9.78. The largest absolute Gasteiger partial charge is 0.348 e. The Bertz CT molecular complexity index is 936. The molecule has 2 heterocycles. The second-order valence-electron chi connectivity index (χ2n) is 10.6. The maximum Gasteiger partial charge on any atom is 0.229 e. The van der Waals surface area contributed by atoms with Gasteiger partial charge in [-0.25, -0.2) is 0 Å². The maximum atomic E-state index is 14.3. The van der Waals surface area contributed by atoms with E-state index in [0.29, 0.717) is 5.91 Å². The van der Waals surface area contributed by atoms with E-state index in [4.69, 9.17) is 0 Å². The van der Waals surface area contributed by atoms with Crippen molar-refractivity contribution in [3.05, 3.63) is 58.9 Å². The Balaban J connectivity index is 1.42. The number of fused-ring (bicyclic) bond motifs is 1. The molecule has 0 saturated heterocycles. The van der Waals surface area contributed by atoms with Crippen LogP contribution < -0.4 is 0 Å². The lowest BCUT2D eigenvalue weighted by Gasteiger charge is -2.57. The Labute approximate surface area is 174 Å². The van der Waals surface area contributed by atoms with Gasteiger partial charge in [0.1, 0.15) is 0 Å². The van der Waals surface area contributed by atoms with Gasteiger partial charge in [-0.3, -0.25) is 4.79 Å². The van der Waals surface area contributed by atoms with E-state index in [2.05, 4.69) is 59.8 Å². The SMILES string of the molecule is Cc1ccc(C2c3cccn3CCN2C(=O)C23CC4CC(CC(C4)C2)C3)c(C)c1. The van der Waals surface area contributed by atoms with Gasteiger partial charge in [-0.15, -0.1) is 0 Å². The molecular weight excluding hydrogens is 356 g/mol. The molecule has 0 N–H and O–H groups in total. The maximum absolute atomic E-state index is 14.3. The topological polar surface area (TPSA) is 25.2 Å². The first-order valence-corrected chi connectivity index (χ1v) is 11.6. The Morgan fingerprint density at radius 1 is 0.966 bits per heavy atom. The van der Waals surface area contributed by atoms with E-state index in [-0.39, 0.29) is 11.5 Å². The zero-order valence-corrected chi connectivity index (χ0v) is 17.7. The molecule has 1 aromatic carbocycles. The monoisotopic (exact) mass is 388 g/mol. The van der Waals surface area contributed by atoms with E-state index in [1.807, 2.05) is 0 Å².